The molecule has 3 heterocycles. The third-order valence-corrected chi connectivity index (χ3v) is 6.25. The Labute approximate surface area is 202 Å². The van der Waals surface area contributed by atoms with E-state index in [0.717, 1.165) is 51.2 Å². The third kappa shape index (κ3) is 8.95. The number of hydrogen-bond acceptors (Lipinski definition) is 5. The maximum atomic E-state index is 12.4. The summed E-state index contributed by atoms with van der Waals surface area (Å²) in [7, 11) is 0. The number of aromatic nitrogens is 1. The minimum atomic E-state index is -5.08. The molecule has 0 unspecified atom stereocenters. The average Bonchev–Trinajstić information content (AvgIpc) is 3.56. The number of amides is 1. The molecule has 3 aliphatic rings. The molecule has 3 fully saturated rings. The number of carboxylic acid groups (broad SMARTS) is 2. The minimum absolute atomic E-state index is 0.125. The zero-order valence-corrected chi connectivity index (χ0v) is 19.2. The summed E-state index contributed by atoms with van der Waals surface area (Å²) in [5, 5.41) is 14.2. The number of rotatable bonds is 4. The molecule has 2 saturated heterocycles. The van der Waals surface area contributed by atoms with Crippen molar-refractivity contribution in [2.75, 3.05) is 19.6 Å². The summed E-state index contributed by atoms with van der Waals surface area (Å²) < 4.78 is 63.5. The van der Waals surface area contributed by atoms with E-state index in [4.69, 9.17) is 19.8 Å². The molecule has 1 aromatic rings. The number of nitrogens with zero attached hydrogens (tertiary/aromatic N) is 3. The molecule has 1 aliphatic carbocycles. The van der Waals surface area contributed by atoms with Crippen molar-refractivity contribution in [2.45, 2.75) is 63.0 Å². The number of carbonyl (C=O) groups is 3. The van der Waals surface area contributed by atoms with Gasteiger partial charge >= 0.3 is 24.3 Å². The van der Waals surface area contributed by atoms with Crippen molar-refractivity contribution in [3.05, 3.63) is 30.1 Å². The summed E-state index contributed by atoms with van der Waals surface area (Å²) in [5.41, 5.74) is 1.32. The van der Waals surface area contributed by atoms with E-state index in [1.165, 1.54) is 24.9 Å². The van der Waals surface area contributed by atoms with E-state index in [1.54, 1.807) is 0 Å². The van der Waals surface area contributed by atoms with Gasteiger partial charge in [-0.3, -0.25) is 9.78 Å². The summed E-state index contributed by atoms with van der Waals surface area (Å²) >= 11 is 0. The van der Waals surface area contributed by atoms with Crippen molar-refractivity contribution < 1.29 is 50.9 Å². The number of likely N-dealkylation sites (tertiary alicyclic amines) is 2. The van der Waals surface area contributed by atoms with Crippen LogP contribution in [0.2, 0.25) is 0 Å². The highest BCUT2D eigenvalue weighted by molar-refractivity contribution is 5.79. The fraction of sp³-hybridized carbons (Fsp3) is 0.636. The van der Waals surface area contributed by atoms with E-state index in [-0.39, 0.29) is 5.54 Å². The molecule has 202 valence electrons. The first-order valence-corrected chi connectivity index (χ1v) is 11.2. The molecule has 1 saturated carbocycles. The number of carboxylic acids is 2. The van der Waals surface area contributed by atoms with Crippen molar-refractivity contribution in [3.8, 4) is 0 Å². The van der Waals surface area contributed by atoms with Crippen molar-refractivity contribution in [3.63, 3.8) is 0 Å². The van der Waals surface area contributed by atoms with Crippen molar-refractivity contribution >= 4 is 17.8 Å². The lowest BCUT2D eigenvalue weighted by molar-refractivity contribution is -0.193. The van der Waals surface area contributed by atoms with E-state index in [9.17, 15) is 31.1 Å². The van der Waals surface area contributed by atoms with E-state index >= 15 is 0 Å². The molecule has 0 radical (unpaired) electrons. The first kappa shape index (κ1) is 29.3. The van der Waals surface area contributed by atoms with Crippen LogP contribution in [0.1, 0.15) is 44.1 Å². The first-order chi connectivity index (χ1) is 16.6. The van der Waals surface area contributed by atoms with Gasteiger partial charge in [-0.25, -0.2) is 9.59 Å². The summed E-state index contributed by atoms with van der Waals surface area (Å²) in [5.74, 6) is -4.21. The lowest BCUT2D eigenvalue weighted by Crippen LogP contribution is -2.53. The Kier molecular flexibility index (Phi) is 9.69. The fourth-order valence-corrected chi connectivity index (χ4v) is 4.14. The predicted octanol–water partition coefficient (Wildman–Crippen LogP) is 3.72. The Morgan fingerprint density at radius 3 is 1.83 bits per heavy atom. The second-order valence-corrected chi connectivity index (χ2v) is 8.91. The standard InChI is InChI=1S/C18H25N3O.2C2HF3O2/c22-17-3-6-18(21(17)14-16-4-9-19-10-5-16)7-11-20(12-8-18)13-15-1-2-15;2*3-2(4,5)1(6)7/h4-5,9-10,15H,1-3,6-8,11-14H2;2*(H,6,7). The van der Waals surface area contributed by atoms with Crippen LogP contribution in [0.25, 0.3) is 0 Å². The van der Waals surface area contributed by atoms with Crippen LogP contribution < -0.4 is 0 Å². The molecule has 1 amide bonds. The molecule has 2 N–H and O–H groups in total. The van der Waals surface area contributed by atoms with Crippen LogP contribution in [0.3, 0.4) is 0 Å². The molecular weight excluding hydrogens is 500 g/mol. The van der Waals surface area contributed by atoms with Crippen LogP contribution >= 0.6 is 0 Å². The van der Waals surface area contributed by atoms with Crippen LogP contribution in [0.5, 0.6) is 0 Å². The molecular formula is C22H27F6N3O5. The summed E-state index contributed by atoms with van der Waals surface area (Å²) in [4.78, 5) is 39.1. The van der Waals surface area contributed by atoms with Gasteiger partial charge in [-0.15, -0.1) is 0 Å². The van der Waals surface area contributed by atoms with Gasteiger partial charge < -0.3 is 20.0 Å². The quantitative estimate of drug-likeness (QED) is 0.575. The Bertz CT molecular complexity index is 874. The van der Waals surface area contributed by atoms with Gasteiger partial charge in [-0.05, 0) is 55.7 Å². The van der Waals surface area contributed by atoms with E-state index in [0.29, 0.717) is 5.91 Å². The largest absolute Gasteiger partial charge is 0.490 e. The minimum Gasteiger partial charge on any atom is -0.475 e. The highest BCUT2D eigenvalue weighted by Crippen LogP contribution is 2.41. The maximum absolute atomic E-state index is 12.4. The van der Waals surface area contributed by atoms with E-state index < -0.39 is 24.3 Å². The summed E-state index contributed by atoms with van der Waals surface area (Å²) in [6.45, 7) is 4.37. The number of alkyl halides is 6. The van der Waals surface area contributed by atoms with Gasteiger partial charge in [0.25, 0.3) is 0 Å². The maximum Gasteiger partial charge on any atom is 0.490 e. The molecule has 8 nitrogen and oxygen atoms in total. The van der Waals surface area contributed by atoms with Crippen LogP contribution in [-0.2, 0) is 20.9 Å². The molecule has 1 aromatic heterocycles. The smallest absolute Gasteiger partial charge is 0.475 e. The first-order valence-electron chi connectivity index (χ1n) is 11.2. The Balaban J connectivity index is 0.000000271. The molecule has 2 aliphatic heterocycles. The van der Waals surface area contributed by atoms with Crippen molar-refractivity contribution in [1.82, 2.24) is 14.8 Å². The average molecular weight is 527 g/mol. The predicted molar refractivity (Wildman–Crippen MR) is 113 cm³/mol. The summed E-state index contributed by atoms with van der Waals surface area (Å²) in [6, 6.07) is 4.06. The molecule has 0 aromatic carbocycles. The number of aliphatic carboxylic acids is 2. The van der Waals surface area contributed by atoms with Crippen molar-refractivity contribution in [2.24, 2.45) is 5.92 Å². The van der Waals surface area contributed by atoms with Gasteiger partial charge in [0.2, 0.25) is 5.91 Å². The zero-order valence-electron chi connectivity index (χ0n) is 19.2. The van der Waals surface area contributed by atoms with Gasteiger partial charge in [0.1, 0.15) is 0 Å². The lowest BCUT2D eigenvalue weighted by Gasteiger charge is -2.45. The van der Waals surface area contributed by atoms with Crippen LogP contribution in [0.4, 0.5) is 26.3 Å². The van der Waals surface area contributed by atoms with Gasteiger partial charge in [-0.2, -0.15) is 26.3 Å². The number of carbonyl (C=O) groups excluding carboxylic acids is 1. The Morgan fingerprint density at radius 2 is 1.42 bits per heavy atom. The highest BCUT2D eigenvalue weighted by atomic mass is 19.4. The number of halogens is 6. The number of pyridine rings is 1. The topological polar surface area (TPSA) is 111 Å². The zero-order chi connectivity index (χ0) is 27.1. The summed E-state index contributed by atoms with van der Waals surface area (Å²) in [6.07, 6.45) is 0.402. The number of piperidine rings is 1. The molecule has 0 atom stereocenters. The second kappa shape index (κ2) is 11.9. The van der Waals surface area contributed by atoms with E-state index in [1.807, 2.05) is 24.5 Å². The van der Waals surface area contributed by atoms with Crippen LogP contribution in [0, 0.1) is 5.92 Å². The molecule has 36 heavy (non-hydrogen) atoms. The highest BCUT2D eigenvalue weighted by Gasteiger charge is 2.47. The molecule has 0 bridgehead atoms. The number of hydrogen-bond donors (Lipinski definition) is 2. The van der Waals surface area contributed by atoms with Gasteiger partial charge in [0.05, 0.1) is 0 Å². The lowest BCUT2D eigenvalue weighted by atomic mass is 9.84. The Morgan fingerprint density at radius 1 is 0.944 bits per heavy atom. The monoisotopic (exact) mass is 527 g/mol. The van der Waals surface area contributed by atoms with Gasteiger partial charge in [-0.1, -0.05) is 0 Å². The van der Waals surface area contributed by atoms with Crippen molar-refractivity contribution in [1.29, 1.82) is 0 Å². The fourth-order valence-electron chi connectivity index (χ4n) is 4.14. The van der Waals surface area contributed by atoms with Crippen LogP contribution in [0.15, 0.2) is 24.5 Å². The van der Waals surface area contributed by atoms with Crippen LogP contribution in [-0.4, -0.2) is 80.4 Å². The molecule has 4 rings (SSSR count). The molecule has 1 spiro atoms. The van der Waals surface area contributed by atoms with Gasteiger partial charge in [0.15, 0.2) is 0 Å². The SMILES string of the molecule is O=C(O)C(F)(F)F.O=C(O)C(F)(F)F.O=C1CCC2(CCN(CC3CC3)CC2)N1Cc1ccncc1. The van der Waals surface area contributed by atoms with Gasteiger partial charge in [0, 0.05) is 50.5 Å². The Hall–Kier alpha value is -2.90. The van der Waals surface area contributed by atoms with E-state index in [2.05, 4.69) is 14.8 Å². The third-order valence-electron chi connectivity index (χ3n) is 6.25. The normalized spacial score (nSPS) is 19.7. The second-order valence-electron chi connectivity index (χ2n) is 8.91. The molecule has 14 heteroatoms.